The molecule has 5 heteroatoms. The number of nitrogens with two attached hydrogens (primary N) is 1. The maximum Gasteiger partial charge on any atom is 0.193 e. The number of halogens is 1. The van der Waals surface area contributed by atoms with Gasteiger partial charge in [0.2, 0.25) is 0 Å². The van der Waals surface area contributed by atoms with E-state index in [2.05, 4.69) is 0 Å². The highest BCUT2D eigenvalue weighted by Gasteiger charge is 2.15. The molecule has 0 aliphatic heterocycles. The molecule has 1 aromatic carbocycles. The van der Waals surface area contributed by atoms with Crippen molar-refractivity contribution < 1.29 is 12.8 Å². The molecule has 0 aromatic heterocycles. The van der Waals surface area contributed by atoms with E-state index in [1.807, 2.05) is 0 Å². The lowest BCUT2D eigenvalue weighted by Gasteiger charge is -2.00. The Balaban J connectivity index is 3.30. The molecule has 0 aliphatic rings. The van der Waals surface area contributed by atoms with Crippen molar-refractivity contribution in [3.05, 3.63) is 30.1 Å². The molecule has 0 atom stereocenters. The van der Waals surface area contributed by atoms with E-state index in [1.54, 1.807) is 0 Å². The molecule has 0 saturated heterocycles. The summed E-state index contributed by atoms with van der Waals surface area (Å²) in [5.41, 5.74) is 4.95. The van der Waals surface area contributed by atoms with Gasteiger partial charge in [0.1, 0.15) is 16.6 Å². The predicted molar refractivity (Wildman–Crippen MR) is 42.6 cm³/mol. The van der Waals surface area contributed by atoms with E-state index in [0.29, 0.717) is 0 Å². The first-order valence-corrected chi connectivity index (χ1v) is 4.90. The van der Waals surface area contributed by atoms with Gasteiger partial charge in [0, 0.05) is 0 Å². The molecule has 0 spiro atoms. The maximum atomic E-state index is 12.8. The molecule has 0 fully saturated rings. The SMILES string of the molecule is NCS(=O)(=O)c1ccccc1F. The second-order valence-electron chi connectivity index (χ2n) is 2.21. The van der Waals surface area contributed by atoms with Crippen molar-refractivity contribution in [1.29, 1.82) is 0 Å². The molecule has 66 valence electrons. The number of rotatable bonds is 2. The summed E-state index contributed by atoms with van der Waals surface area (Å²) in [4.78, 5) is -0.340. The van der Waals surface area contributed by atoms with Crippen LogP contribution in [0.1, 0.15) is 0 Å². The third kappa shape index (κ3) is 1.62. The van der Waals surface area contributed by atoms with Crippen LogP contribution < -0.4 is 5.73 Å². The van der Waals surface area contributed by atoms with Gasteiger partial charge in [-0.15, -0.1) is 0 Å². The van der Waals surface area contributed by atoms with Crippen molar-refractivity contribution in [1.82, 2.24) is 0 Å². The first-order chi connectivity index (χ1) is 5.58. The largest absolute Gasteiger partial charge is 0.317 e. The van der Waals surface area contributed by atoms with Crippen molar-refractivity contribution in [2.24, 2.45) is 5.73 Å². The summed E-state index contributed by atoms with van der Waals surface area (Å²) in [7, 11) is -3.63. The van der Waals surface area contributed by atoms with Gasteiger partial charge in [0.15, 0.2) is 9.84 Å². The molecule has 0 heterocycles. The van der Waals surface area contributed by atoms with Crippen LogP contribution in [0.5, 0.6) is 0 Å². The van der Waals surface area contributed by atoms with E-state index in [-0.39, 0.29) is 4.90 Å². The van der Waals surface area contributed by atoms with E-state index < -0.39 is 21.5 Å². The fraction of sp³-hybridized carbons (Fsp3) is 0.143. The minimum atomic E-state index is -3.63. The molecule has 0 unspecified atom stereocenters. The molecule has 0 radical (unpaired) electrons. The van der Waals surface area contributed by atoms with Gasteiger partial charge >= 0.3 is 0 Å². The van der Waals surface area contributed by atoms with Gasteiger partial charge in [-0.25, -0.2) is 12.8 Å². The highest BCUT2D eigenvalue weighted by atomic mass is 32.2. The third-order valence-electron chi connectivity index (χ3n) is 1.39. The van der Waals surface area contributed by atoms with Gasteiger partial charge in [-0.1, -0.05) is 12.1 Å². The molecule has 2 N–H and O–H groups in total. The number of sulfone groups is 1. The Bertz CT molecular complexity index is 375. The monoisotopic (exact) mass is 189 g/mol. The lowest BCUT2D eigenvalue weighted by atomic mass is 10.4. The van der Waals surface area contributed by atoms with Crippen molar-refractivity contribution in [2.45, 2.75) is 4.90 Å². The molecule has 3 nitrogen and oxygen atoms in total. The van der Waals surface area contributed by atoms with E-state index in [1.165, 1.54) is 18.2 Å². The summed E-state index contributed by atoms with van der Waals surface area (Å²) in [6, 6.07) is 5.15. The van der Waals surface area contributed by atoms with Gasteiger partial charge in [-0.05, 0) is 12.1 Å². The zero-order chi connectivity index (χ0) is 9.19. The van der Waals surface area contributed by atoms with Crippen LogP contribution in [0, 0.1) is 5.82 Å². The van der Waals surface area contributed by atoms with E-state index in [9.17, 15) is 12.8 Å². The third-order valence-corrected chi connectivity index (χ3v) is 2.83. The van der Waals surface area contributed by atoms with E-state index in [4.69, 9.17) is 5.73 Å². The fourth-order valence-corrected chi connectivity index (χ4v) is 1.62. The van der Waals surface area contributed by atoms with Crippen LogP contribution in [0.2, 0.25) is 0 Å². The Morgan fingerprint density at radius 3 is 2.42 bits per heavy atom. The van der Waals surface area contributed by atoms with Crippen molar-refractivity contribution >= 4 is 9.84 Å². The van der Waals surface area contributed by atoms with Gasteiger partial charge in [-0.2, -0.15) is 0 Å². The zero-order valence-electron chi connectivity index (χ0n) is 6.20. The molecular formula is C7H8FNO2S. The molecule has 12 heavy (non-hydrogen) atoms. The Morgan fingerprint density at radius 2 is 1.92 bits per heavy atom. The minimum absolute atomic E-state index is 0.340. The van der Waals surface area contributed by atoms with Crippen LogP contribution in [0.3, 0.4) is 0 Å². The number of hydrogen-bond acceptors (Lipinski definition) is 3. The smallest absolute Gasteiger partial charge is 0.193 e. The normalized spacial score (nSPS) is 11.5. The van der Waals surface area contributed by atoms with Crippen LogP contribution in [0.25, 0.3) is 0 Å². The Morgan fingerprint density at radius 1 is 1.33 bits per heavy atom. The van der Waals surface area contributed by atoms with Crippen molar-refractivity contribution in [2.75, 3.05) is 5.88 Å². The van der Waals surface area contributed by atoms with E-state index >= 15 is 0 Å². The number of hydrogen-bond donors (Lipinski definition) is 1. The highest BCUT2D eigenvalue weighted by molar-refractivity contribution is 7.91. The van der Waals surface area contributed by atoms with Crippen molar-refractivity contribution in [3.63, 3.8) is 0 Å². The molecule has 1 aromatic rings. The predicted octanol–water partition coefficient (Wildman–Crippen LogP) is 0.516. The molecular weight excluding hydrogens is 181 g/mol. The van der Waals surface area contributed by atoms with Crippen LogP contribution >= 0.6 is 0 Å². The molecule has 1 rings (SSSR count). The van der Waals surface area contributed by atoms with Gasteiger partial charge in [0.25, 0.3) is 0 Å². The average Bonchev–Trinajstić information content (AvgIpc) is 2.05. The summed E-state index contributed by atoms with van der Waals surface area (Å²) in [6.07, 6.45) is 0. The second kappa shape index (κ2) is 3.20. The molecule has 0 aliphatic carbocycles. The Hall–Kier alpha value is -0.940. The van der Waals surface area contributed by atoms with Crippen LogP contribution in [-0.2, 0) is 9.84 Å². The quantitative estimate of drug-likeness (QED) is 0.737. The first-order valence-electron chi connectivity index (χ1n) is 3.25. The van der Waals surface area contributed by atoms with Crippen LogP contribution in [-0.4, -0.2) is 14.3 Å². The van der Waals surface area contributed by atoms with Gasteiger partial charge in [0.05, 0.1) is 0 Å². The zero-order valence-corrected chi connectivity index (χ0v) is 7.01. The molecule has 0 amide bonds. The first kappa shape index (κ1) is 9.15. The number of benzene rings is 1. The summed E-state index contributed by atoms with van der Waals surface area (Å²) >= 11 is 0. The fourth-order valence-electron chi connectivity index (χ4n) is 0.787. The summed E-state index contributed by atoms with van der Waals surface area (Å²) in [5, 5.41) is 0. The van der Waals surface area contributed by atoms with Crippen LogP contribution in [0.4, 0.5) is 4.39 Å². The maximum absolute atomic E-state index is 12.8. The highest BCUT2D eigenvalue weighted by Crippen LogP contribution is 2.13. The second-order valence-corrected chi connectivity index (χ2v) is 4.21. The Labute approximate surface area is 69.9 Å². The lowest BCUT2D eigenvalue weighted by molar-refractivity contribution is 0.567. The minimum Gasteiger partial charge on any atom is -0.317 e. The Kier molecular flexibility index (Phi) is 2.44. The standard InChI is InChI=1S/C7H8FNO2S/c8-6-3-1-2-4-7(6)12(10,11)5-9/h1-4H,5,9H2. The van der Waals surface area contributed by atoms with Crippen LogP contribution in [0.15, 0.2) is 29.2 Å². The summed E-state index contributed by atoms with van der Waals surface area (Å²) < 4.78 is 35.0. The molecule has 0 bridgehead atoms. The topological polar surface area (TPSA) is 60.2 Å². The molecule has 0 saturated carbocycles. The lowest BCUT2D eigenvalue weighted by Crippen LogP contribution is -2.15. The van der Waals surface area contributed by atoms with E-state index in [0.717, 1.165) is 6.07 Å². The average molecular weight is 189 g/mol. The van der Waals surface area contributed by atoms with Gasteiger partial charge in [-0.3, -0.25) is 0 Å². The van der Waals surface area contributed by atoms with Crippen molar-refractivity contribution in [3.8, 4) is 0 Å². The van der Waals surface area contributed by atoms with Gasteiger partial charge < -0.3 is 5.73 Å². The summed E-state index contributed by atoms with van der Waals surface area (Å²) in [5.74, 6) is -1.34. The summed E-state index contributed by atoms with van der Waals surface area (Å²) in [6.45, 7) is 0.